The third-order valence-electron chi connectivity index (χ3n) is 3.02. The number of nitrogens with zero attached hydrogens (tertiary/aromatic N) is 1. The number of hydrogen-bond acceptors (Lipinski definition) is 3. The highest BCUT2D eigenvalue weighted by atomic mass is 19.2. The molecule has 7 heteroatoms. The smallest absolute Gasteiger partial charge is 0.201 e. The molecule has 4 nitrogen and oxygen atoms in total. The molecule has 3 N–H and O–H groups in total. The van der Waals surface area contributed by atoms with E-state index in [9.17, 15) is 13.2 Å². The fourth-order valence-corrected chi connectivity index (χ4v) is 1.96. The minimum Gasteiger partial charge on any atom is -0.454 e. The summed E-state index contributed by atoms with van der Waals surface area (Å²) in [6.07, 6.45) is 1.36. The molecule has 0 fully saturated rings. The van der Waals surface area contributed by atoms with Crippen molar-refractivity contribution in [3.05, 3.63) is 60.0 Å². The second-order valence-electron chi connectivity index (χ2n) is 4.50. The van der Waals surface area contributed by atoms with Crippen molar-refractivity contribution < 1.29 is 17.9 Å². The standard InChI is InChI=1S/C15H10F3N3O/c16-10-2-1-3-13(14(10)18)22-8-4-5-9(11(17)6-8)15-12(19)7-20-21-15/h1-7H,19H2,(H,20,21). The van der Waals surface area contributed by atoms with Gasteiger partial charge in [-0.2, -0.15) is 9.49 Å². The average molecular weight is 305 g/mol. The minimum absolute atomic E-state index is 0.0313. The maximum atomic E-state index is 14.1. The Morgan fingerprint density at radius 3 is 2.55 bits per heavy atom. The fourth-order valence-electron chi connectivity index (χ4n) is 1.96. The minimum atomic E-state index is -1.13. The van der Waals surface area contributed by atoms with Crippen molar-refractivity contribution in [2.45, 2.75) is 0 Å². The second-order valence-corrected chi connectivity index (χ2v) is 4.50. The van der Waals surface area contributed by atoms with Crippen molar-refractivity contribution in [1.82, 2.24) is 10.2 Å². The van der Waals surface area contributed by atoms with Crippen molar-refractivity contribution >= 4 is 5.69 Å². The first-order valence-corrected chi connectivity index (χ1v) is 6.27. The summed E-state index contributed by atoms with van der Waals surface area (Å²) in [7, 11) is 0. The first-order valence-electron chi connectivity index (χ1n) is 6.27. The van der Waals surface area contributed by atoms with E-state index in [1.165, 1.54) is 30.5 Å². The van der Waals surface area contributed by atoms with Gasteiger partial charge in [0.2, 0.25) is 5.82 Å². The lowest BCUT2D eigenvalue weighted by Crippen LogP contribution is -1.94. The average Bonchev–Trinajstić information content (AvgIpc) is 2.90. The lowest BCUT2D eigenvalue weighted by atomic mass is 10.1. The number of H-pyrrole nitrogens is 1. The van der Waals surface area contributed by atoms with Crippen LogP contribution in [0, 0.1) is 17.5 Å². The Bertz CT molecular complexity index is 833. The van der Waals surface area contributed by atoms with E-state index in [1.54, 1.807) is 0 Å². The van der Waals surface area contributed by atoms with Gasteiger partial charge < -0.3 is 10.5 Å². The van der Waals surface area contributed by atoms with Crippen LogP contribution in [0.3, 0.4) is 0 Å². The lowest BCUT2D eigenvalue weighted by molar-refractivity contribution is 0.414. The van der Waals surface area contributed by atoms with Crippen molar-refractivity contribution in [2.24, 2.45) is 0 Å². The highest BCUT2D eigenvalue weighted by Crippen LogP contribution is 2.31. The Kier molecular flexibility index (Phi) is 3.46. The maximum absolute atomic E-state index is 14.1. The molecule has 3 rings (SSSR count). The third-order valence-corrected chi connectivity index (χ3v) is 3.02. The molecule has 0 unspecified atom stereocenters. The molecular formula is C15H10F3N3O. The van der Waals surface area contributed by atoms with Crippen LogP contribution in [0.2, 0.25) is 0 Å². The van der Waals surface area contributed by atoms with E-state index < -0.39 is 17.5 Å². The highest BCUT2D eigenvalue weighted by Gasteiger charge is 2.14. The summed E-state index contributed by atoms with van der Waals surface area (Å²) in [6.45, 7) is 0. The molecule has 2 aromatic carbocycles. The van der Waals surface area contributed by atoms with Crippen LogP contribution >= 0.6 is 0 Å². The van der Waals surface area contributed by atoms with Crippen molar-refractivity contribution in [3.63, 3.8) is 0 Å². The van der Waals surface area contributed by atoms with Crippen LogP contribution in [0.5, 0.6) is 11.5 Å². The van der Waals surface area contributed by atoms with Crippen LogP contribution in [0.25, 0.3) is 11.3 Å². The number of nitrogen functional groups attached to an aromatic ring is 1. The van der Waals surface area contributed by atoms with Crippen molar-refractivity contribution in [1.29, 1.82) is 0 Å². The molecule has 3 aromatic rings. The number of benzene rings is 2. The van der Waals surface area contributed by atoms with E-state index in [1.807, 2.05) is 0 Å². The first-order chi connectivity index (χ1) is 10.6. The monoisotopic (exact) mass is 305 g/mol. The zero-order chi connectivity index (χ0) is 15.7. The predicted molar refractivity (Wildman–Crippen MR) is 74.8 cm³/mol. The molecule has 0 aliphatic carbocycles. The molecule has 0 radical (unpaired) electrons. The number of aromatic nitrogens is 2. The van der Waals surface area contributed by atoms with Gasteiger partial charge in [-0.05, 0) is 24.3 Å². The Labute approximate surface area is 123 Å². The van der Waals surface area contributed by atoms with E-state index >= 15 is 0 Å². The van der Waals surface area contributed by atoms with Gasteiger partial charge in [-0.1, -0.05) is 6.07 Å². The number of nitrogens with two attached hydrogens (primary N) is 1. The summed E-state index contributed by atoms with van der Waals surface area (Å²) >= 11 is 0. The van der Waals surface area contributed by atoms with Gasteiger partial charge in [0.05, 0.1) is 17.6 Å². The van der Waals surface area contributed by atoms with Gasteiger partial charge in [0, 0.05) is 11.6 Å². The summed E-state index contributed by atoms with van der Waals surface area (Å²) < 4.78 is 45.9. The van der Waals surface area contributed by atoms with E-state index in [0.717, 1.165) is 12.1 Å². The summed E-state index contributed by atoms with van der Waals surface area (Å²) in [5.41, 5.74) is 6.48. The molecule has 0 saturated heterocycles. The first kappa shape index (κ1) is 14.0. The molecule has 0 amide bonds. The van der Waals surface area contributed by atoms with Crippen molar-refractivity contribution in [2.75, 3.05) is 5.73 Å². The van der Waals surface area contributed by atoms with E-state index in [2.05, 4.69) is 10.2 Å². The molecule has 1 heterocycles. The molecule has 0 saturated carbocycles. The summed E-state index contributed by atoms with van der Waals surface area (Å²) in [4.78, 5) is 0. The largest absolute Gasteiger partial charge is 0.454 e. The zero-order valence-electron chi connectivity index (χ0n) is 11.1. The lowest BCUT2D eigenvalue weighted by Gasteiger charge is -2.09. The maximum Gasteiger partial charge on any atom is 0.201 e. The zero-order valence-corrected chi connectivity index (χ0v) is 11.1. The van der Waals surface area contributed by atoms with E-state index in [0.29, 0.717) is 11.4 Å². The molecule has 0 bridgehead atoms. The van der Waals surface area contributed by atoms with Gasteiger partial charge in [0.1, 0.15) is 11.6 Å². The van der Waals surface area contributed by atoms with Gasteiger partial charge in [-0.15, -0.1) is 0 Å². The number of halogens is 3. The Hall–Kier alpha value is -2.96. The fraction of sp³-hybridized carbons (Fsp3) is 0. The molecule has 0 aliphatic heterocycles. The van der Waals surface area contributed by atoms with Gasteiger partial charge in [-0.3, -0.25) is 5.10 Å². The van der Waals surface area contributed by atoms with Crippen LogP contribution in [-0.2, 0) is 0 Å². The number of aromatic amines is 1. The molecule has 0 spiro atoms. The van der Waals surface area contributed by atoms with Gasteiger partial charge in [0.25, 0.3) is 0 Å². The van der Waals surface area contributed by atoms with Gasteiger partial charge in [-0.25, -0.2) is 8.78 Å². The quantitative estimate of drug-likeness (QED) is 0.772. The highest BCUT2D eigenvalue weighted by molar-refractivity contribution is 5.72. The van der Waals surface area contributed by atoms with Crippen LogP contribution in [-0.4, -0.2) is 10.2 Å². The summed E-state index contributed by atoms with van der Waals surface area (Å²) in [5.74, 6) is -3.10. The van der Waals surface area contributed by atoms with E-state index in [-0.39, 0.29) is 17.1 Å². The molecule has 112 valence electrons. The number of nitrogens with one attached hydrogen (secondary N) is 1. The Balaban J connectivity index is 1.93. The number of ether oxygens (including phenoxy) is 1. The molecule has 0 aliphatic rings. The Morgan fingerprint density at radius 1 is 1.05 bits per heavy atom. The Morgan fingerprint density at radius 2 is 1.86 bits per heavy atom. The normalized spacial score (nSPS) is 10.7. The van der Waals surface area contributed by atoms with Crippen molar-refractivity contribution in [3.8, 4) is 22.8 Å². The molecule has 22 heavy (non-hydrogen) atoms. The number of anilines is 1. The summed E-state index contributed by atoms with van der Waals surface area (Å²) in [5, 5.41) is 6.29. The van der Waals surface area contributed by atoms with Crippen LogP contribution in [0.4, 0.5) is 18.9 Å². The van der Waals surface area contributed by atoms with Crippen LogP contribution in [0.1, 0.15) is 0 Å². The number of hydrogen-bond donors (Lipinski definition) is 2. The topological polar surface area (TPSA) is 63.9 Å². The second kappa shape index (κ2) is 5.44. The summed E-state index contributed by atoms with van der Waals surface area (Å²) in [6, 6.07) is 7.39. The van der Waals surface area contributed by atoms with Gasteiger partial charge >= 0.3 is 0 Å². The van der Waals surface area contributed by atoms with Crippen LogP contribution < -0.4 is 10.5 Å². The van der Waals surface area contributed by atoms with E-state index in [4.69, 9.17) is 10.5 Å². The molecule has 0 atom stereocenters. The van der Waals surface area contributed by atoms with Crippen LogP contribution in [0.15, 0.2) is 42.6 Å². The number of rotatable bonds is 3. The third kappa shape index (κ3) is 2.48. The molecule has 1 aromatic heterocycles. The SMILES string of the molecule is Nc1cn[nH]c1-c1ccc(Oc2cccc(F)c2F)cc1F. The predicted octanol–water partition coefficient (Wildman–Crippen LogP) is 3.87. The molecular weight excluding hydrogens is 295 g/mol. The van der Waals surface area contributed by atoms with Gasteiger partial charge in [0.15, 0.2) is 11.6 Å².